The molecule has 168 valence electrons. The molecule has 0 atom stereocenters. The Hall–Kier alpha value is -2.62. The Bertz CT molecular complexity index is 978. The van der Waals surface area contributed by atoms with Gasteiger partial charge in [0.25, 0.3) is 0 Å². The predicted molar refractivity (Wildman–Crippen MR) is 136 cm³/mol. The Morgan fingerprint density at radius 3 is 2.35 bits per heavy atom. The molecule has 3 rings (SSSR count). The molecule has 1 heterocycles. The van der Waals surface area contributed by atoms with Gasteiger partial charge in [-0.25, -0.2) is 4.99 Å². The van der Waals surface area contributed by atoms with E-state index in [4.69, 9.17) is 19.2 Å². The minimum Gasteiger partial charge on any atom is -0.493 e. The molecular formula is C23H31IN4O3. The number of hydrogen-bond donors (Lipinski definition) is 3. The highest BCUT2D eigenvalue weighted by atomic mass is 127. The maximum absolute atomic E-state index is 5.43. The molecule has 0 aliphatic rings. The number of ether oxygens (including phenoxy) is 3. The van der Waals surface area contributed by atoms with Crippen LogP contribution >= 0.6 is 24.0 Å². The van der Waals surface area contributed by atoms with Crippen molar-refractivity contribution in [3.05, 3.63) is 53.7 Å². The van der Waals surface area contributed by atoms with Gasteiger partial charge in [0.1, 0.15) is 0 Å². The van der Waals surface area contributed by atoms with E-state index in [0.717, 1.165) is 36.6 Å². The van der Waals surface area contributed by atoms with Crippen molar-refractivity contribution in [2.24, 2.45) is 4.99 Å². The number of aromatic nitrogens is 1. The standard InChI is InChI=1S/C23H30N4O3.HI/c1-5-24-23(25-11-10-17-15-26-19-9-7-6-8-18(17)19)27-14-16-12-20(28-2)22(30-4)21(13-16)29-3;/h6-9,12-13,15,26H,5,10-11,14H2,1-4H3,(H2,24,25,27);1H. The lowest BCUT2D eigenvalue weighted by molar-refractivity contribution is 0.324. The number of nitrogens with zero attached hydrogens (tertiary/aromatic N) is 1. The molecule has 0 bridgehead atoms. The van der Waals surface area contributed by atoms with Crippen molar-refractivity contribution in [1.29, 1.82) is 0 Å². The molecule has 0 radical (unpaired) electrons. The van der Waals surface area contributed by atoms with E-state index in [1.165, 1.54) is 10.9 Å². The minimum atomic E-state index is 0. The van der Waals surface area contributed by atoms with Gasteiger partial charge in [-0.15, -0.1) is 24.0 Å². The van der Waals surface area contributed by atoms with E-state index in [2.05, 4.69) is 46.9 Å². The number of guanidine groups is 1. The number of aromatic amines is 1. The maximum Gasteiger partial charge on any atom is 0.203 e. The second-order valence-electron chi connectivity index (χ2n) is 6.77. The van der Waals surface area contributed by atoms with Crippen molar-refractivity contribution in [2.75, 3.05) is 34.4 Å². The fourth-order valence-electron chi connectivity index (χ4n) is 3.39. The molecule has 31 heavy (non-hydrogen) atoms. The summed E-state index contributed by atoms with van der Waals surface area (Å²) in [5.41, 5.74) is 3.42. The van der Waals surface area contributed by atoms with Gasteiger partial charge in [0.05, 0.1) is 27.9 Å². The summed E-state index contributed by atoms with van der Waals surface area (Å²) in [5.74, 6) is 2.60. The van der Waals surface area contributed by atoms with Crippen molar-refractivity contribution in [1.82, 2.24) is 15.6 Å². The van der Waals surface area contributed by atoms with Gasteiger partial charge in [-0.3, -0.25) is 0 Å². The second-order valence-corrected chi connectivity index (χ2v) is 6.77. The van der Waals surface area contributed by atoms with Crippen LogP contribution in [0.5, 0.6) is 17.2 Å². The first kappa shape index (κ1) is 24.6. The number of nitrogens with one attached hydrogen (secondary N) is 3. The van der Waals surface area contributed by atoms with Crippen molar-refractivity contribution in [2.45, 2.75) is 19.9 Å². The Balaban J connectivity index is 0.00000341. The third-order valence-corrected chi connectivity index (χ3v) is 4.85. The Morgan fingerprint density at radius 1 is 1.00 bits per heavy atom. The van der Waals surface area contributed by atoms with Crippen LogP contribution in [0.15, 0.2) is 47.6 Å². The van der Waals surface area contributed by atoms with Gasteiger partial charge >= 0.3 is 0 Å². The van der Waals surface area contributed by atoms with Gasteiger partial charge in [0.2, 0.25) is 5.75 Å². The van der Waals surface area contributed by atoms with Crippen LogP contribution in [0.25, 0.3) is 10.9 Å². The summed E-state index contributed by atoms with van der Waals surface area (Å²) in [6, 6.07) is 12.2. The number of aliphatic imine (C=N–C) groups is 1. The molecule has 0 aliphatic carbocycles. The van der Waals surface area contributed by atoms with E-state index < -0.39 is 0 Å². The molecule has 0 spiro atoms. The van der Waals surface area contributed by atoms with E-state index in [-0.39, 0.29) is 24.0 Å². The fraction of sp³-hybridized carbons (Fsp3) is 0.348. The predicted octanol–water partition coefficient (Wildman–Crippen LogP) is 4.11. The molecule has 0 unspecified atom stereocenters. The average Bonchev–Trinajstić information content (AvgIpc) is 3.19. The Kier molecular flexibility index (Phi) is 9.77. The smallest absolute Gasteiger partial charge is 0.203 e. The number of halogens is 1. The van der Waals surface area contributed by atoms with Crippen LogP contribution in [-0.2, 0) is 13.0 Å². The molecule has 0 amide bonds. The summed E-state index contributed by atoms with van der Waals surface area (Å²) < 4.78 is 16.2. The molecule has 0 fully saturated rings. The van der Waals surface area contributed by atoms with Crippen molar-refractivity contribution in [3.8, 4) is 17.2 Å². The van der Waals surface area contributed by atoms with Crippen LogP contribution in [0.4, 0.5) is 0 Å². The number of methoxy groups -OCH3 is 3. The normalized spacial score (nSPS) is 11.0. The maximum atomic E-state index is 5.43. The Morgan fingerprint density at radius 2 is 1.71 bits per heavy atom. The molecule has 1 aromatic heterocycles. The van der Waals surface area contributed by atoms with Crippen LogP contribution in [0.2, 0.25) is 0 Å². The third-order valence-electron chi connectivity index (χ3n) is 4.85. The lowest BCUT2D eigenvalue weighted by atomic mass is 10.1. The highest BCUT2D eigenvalue weighted by Gasteiger charge is 2.13. The molecule has 3 aromatic rings. The molecule has 3 N–H and O–H groups in total. The van der Waals surface area contributed by atoms with Crippen LogP contribution in [0.3, 0.4) is 0 Å². The first-order valence-corrected chi connectivity index (χ1v) is 10.1. The van der Waals surface area contributed by atoms with E-state index in [1.54, 1.807) is 21.3 Å². The van der Waals surface area contributed by atoms with Crippen molar-refractivity contribution < 1.29 is 14.2 Å². The highest BCUT2D eigenvalue weighted by molar-refractivity contribution is 14.0. The lowest BCUT2D eigenvalue weighted by Gasteiger charge is -2.14. The summed E-state index contributed by atoms with van der Waals surface area (Å²) in [7, 11) is 4.82. The number of rotatable bonds is 9. The largest absolute Gasteiger partial charge is 0.493 e. The number of fused-ring (bicyclic) bond motifs is 1. The van der Waals surface area contributed by atoms with Gasteiger partial charge in [0, 0.05) is 30.2 Å². The van der Waals surface area contributed by atoms with Gasteiger partial charge < -0.3 is 29.8 Å². The summed E-state index contributed by atoms with van der Waals surface area (Å²) in [6.45, 7) is 4.10. The molecule has 2 aromatic carbocycles. The van der Waals surface area contributed by atoms with Crippen LogP contribution in [0.1, 0.15) is 18.1 Å². The fourth-order valence-corrected chi connectivity index (χ4v) is 3.39. The zero-order valence-electron chi connectivity index (χ0n) is 18.5. The van der Waals surface area contributed by atoms with Crippen molar-refractivity contribution >= 4 is 40.8 Å². The van der Waals surface area contributed by atoms with Crippen LogP contribution < -0.4 is 24.8 Å². The van der Waals surface area contributed by atoms with Gasteiger partial charge in [-0.05, 0) is 42.7 Å². The zero-order chi connectivity index (χ0) is 21.3. The molecule has 0 saturated carbocycles. The number of H-pyrrole nitrogens is 1. The van der Waals surface area contributed by atoms with Crippen LogP contribution in [0, 0.1) is 0 Å². The summed E-state index contributed by atoms with van der Waals surface area (Å²) >= 11 is 0. The first-order chi connectivity index (χ1) is 14.7. The number of hydrogen-bond acceptors (Lipinski definition) is 4. The highest BCUT2D eigenvalue weighted by Crippen LogP contribution is 2.38. The topological polar surface area (TPSA) is 79.9 Å². The van der Waals surface area contributed by atoms with Gasteiger partial charge in [-0.2, -0.15) is 0 Å². The van der Waals surface area contributed by atoms with E-state index >= 15 is 0 Å². The quantitative estimate of drug-likeness (QED) is 0.217. The molecule has 0 aliphatic heterocycles. The lowest BCUT2D eigenvalue weighted by Crippen LogP contribution is -2.38. The third kappa shape index (κ3) is 6.19. The zero-order valence-corrected chi connectivity index (χ0v) is 20.8. The SMILES string of the molecule is CCNC(=NCc1cc(OC)c(OC)c(OC)c1)NCCc1c[nH]c2ccccc12.I. The minimum absolute atomic E-state index is 0. The Labute approximate surface area is 200 Å². The van der Waals surface area contributed by atoms with Gasteiger partial charge in [-0.1, -0.05) is 18.2 Å². The summed E-state index contributed by atoms with van der Waals surface area (Å²) in [6.07, 6.45) is 2.98. The van der Waals surface area contributed by atoms with E-state index in [1.807, 2.05) is 18.2 Å². The number of para-hydroxylation sites is 1. The molecule has 8 heteroatoms. The van der Waals surface area contributed by atoms with E-state index in [9.17, 15) is 0 Å². The summed E-state index contributed by atoms with van der Waals surface area (Å²) in [5, 5.41) is 7.97. The summed E-state index contributed by atoms with van der Waals surface area (Å²) in [4.78, 5) is 8.03. The average molecular weight is 538 g/mol. The molecular weight excluding hydrogens is 507 g/mol. The number of benzene rings is 2. The van der Waals surface area contributed by atoms with Crippen molar-refractivity contribution in [3.63, 3.8) is 0 Å². The van der Waals surface area contributed by atoms with Crippen LogP contribution in [-0.4, -0.2) is 45.4 Å². The monoisotopic (exact) mass is 538 g/mol. The van der Waals surface area contributed by atoms with E-state index in [0.29, 0.717) is 23.8 Å². The van der Waals surface area contributed by atoms with Gasteiger partial charge in [0.15, 0.2) is 17.5 Å². The second kappa shape index (κ2) is 12.3. The molecule has 7 nitrogen and oxygen atoms in total. The first-order valence-electron chi connectivity index (χ1n) is 10.1. The molecule has 0 saturated heterocycles.